The molecule has 1 amide bonds. The van der Waals surface area contributed by atoms with Gasteiger partial charge >= 0.3 is 0 Å². The zero-order valence-corrected chi connectivity index (χ0v) is 6.87. The quantitative estimate of drug-likeness (QED) is 0.576. The van der Waals surface area contributed by atoms with Gasteiger partial charge in [-0.25, -0.2) is 4.99 Å². The Kier molecular flexibility index (Phi) is 2.12. The molecular formula is C7H13N3O. The summed E-state index contributed by atoms with van der Waals surface area (Å²) in [5.41, 5.74) is 5.49. The van der Waals surface area contributed by atoms with Gasteiger partial charge in [-0.15, -0.1) is 0 Å². The lowest BCUT2D eigenvalue weighted by Crippen LogP contribution is -2.44. The van der Waals surface area contributed by atoms with Crippen LogP contribution in [-0.2, 0) is 4.79 Å². The van der Waals surface area contributed by atoms with Crippen LogP contribution in [0.2, 0.25) is 0 Å². The van der Waals surface area contributed by atoms with E-state index in [1.807, 2.05) is 6.92 Å². The molecule has 2 N–H and O–H groups in total. The van der Waals surface area contributed by atoms with E-state index in [-0.39, 0.29) is 11.9 Å². The third-order valence-corrected chi connectivity index (χ3v) is 1.91. The van der Waals surface area contributed by atoms with E-state index in [2.05, 4.69) is 4.99 Å². The van der Waals surface area contributed by atoms with E-state index in [0.29, 0.717) is 12.4 Å². The summed E-state index contributed by atoms with van der Waals surface area (Å²) in [6, 6.07) is 0.0960. The standard InChI is InChI=1S/C7H13N3O/c1-3-5-4-6(11)10(2)7(8)9-5/h5H,3-4H2,1-2H3,(H2,8,9). The summed E-state index contributed by atoms with van der Waals surface area (Å²) in [7, 11) is 1.65. The number of guanidine groups is 1. The molecule has 0 fully saturated rings. The van der Waals surface area contributed by atoms with Gasteiger partial charge in [-0.1, -0.05) is 6.92 Å². The number of rotatable bonds is 1. The summed E-state index contributed by atoms with van der Waals surface area (Å²) in [6.07, 6.45) is 1.37. The molecule has 1 aliphatic heterocycles. The van der Waals surface area contributed by atoms with Gasteiger partial charge in [-0.3, -0.25) is 9.69 Å². The van der Waals surface area contributed by atoms with Crippen molar-refractivity contribution in [2.24, 2.45) is 10.7 Å². The number of aliphatic imine (C=N–C) groups is 1. The fraction of sp³-hybridized carbons (Fsp3) is 0.714. The third-order valence-electron chi connectivity index (χ3n) is 1.91. The summed E-state index contributed by atoms with van der Waals surface area (Å²) in [5.74, 6) is 0.400. The van der Waals surface area contributed by atoms with Gasteiger partial charge in [0, 0.05) is 13.5 Å². The van der Waals surface area contributed by atoms with Gasteiger partial charge in [0.15, 0.2) is 5.96 Å². The number of amides is 1. The molecule has 1 heterocycles. The molecule has 0 aromatic rings. The number of hydrogen-bond acceptors (Lipinski definition) is 3. The lowest BCUT2D eigenvalue weighted by molar-refractivity contribution is -0.127. The van der Waals surface area contributed by atoms with Crippen LogP contribution in [0.25, 0.3) is 0 Å². The van der Waals surface area contributed by atoms with Crippen LogP contribution in [0, 0.1) is 0 Å². The molecule has 1 unspecified atom stereocenters. The largest absolute Gasteiger partial charge is 0.369 e. The second-order valence-corrected chi connectivity index (χ2v) is 2.71. The zero-order valence-electron chi connectivity index (χ0n) is 6.87. The minimum atomic E-state index is 0.0596. The molecule has 0 aliphatic carbocycles. The summed E-state index contributed by atoms with van der Waals surface area (Å²) < 4.78 is 0. The van der Waals surface area contributed by atoms with Crippen molar-refractivity contribution >= 4 is 11.9 Å². The van der Waals surface area contributed by atoms with Gasteiger partial charge in [0.2, 0.25) is 5.91 Å². The van der Waals surface area contributed by atoms with Crippen molar-refractivity contribution in [1.82, 2.24) is 4.90 Å². The predicted octanol–water partition coefficient (Wildman–Crippen LogP) is -0.0582. The highest BCUT2D eigenvalue weighted by Gasteiger charge is 2.22. The van der Waals surface area contributed by atoms with Gasteiger partial charge in [0.05, 0.1) is 6.04 Å². The number of hydrogen-bond donors (Lipinski definition) is 1. The van der Waals surface area contributed by atoms with Gasteiger partial charge in [-0.2, -0.15) is 0 Å². The molecule has 0 bridgehead atoms. The van der Waals surface area contributed by atoms with E-state index in [1.54, 1.807) is 7.05 Å². The maximum atomic E-state index is 11.1. The van der Waals surface area contributed by atoms with Crippen LogP contribution in [0.3, 0.4) is 0 Å². The smallest absolute Gasteiger partial charge is 0.231 e. The van der Waals surface area contributed by atoms with Crippen molar-refractivity contribution in [1.29, 1.82) is 0 Å². The first-order valence-electron chi connectivity index (χ1n) is 3.75. The molecule has 0 saturated heterocycles. The molecule has 0 spiro atoms. The topological polar surface area (TPSA) is 58.7 Å². The molecule has 0 saturated carbocycles. The van der Waals surface area contributed by atoms with Crippen molar-refractivity contribution in [3.05, 3.63) is 0 Å². The van der Waals surface area contributed by atoms with Crippen LogP contribution in [0.5, 0.6) is 0 Å². The summed E-state index contributed by atoms with van der Waals surface area (Å²) in [4.78, 5) is 16.7. The maximum Gasteiger partial charge on any atom is 0.231 e. The second-order valence-electron chi connectivity index (χ2n) is 2.71. The Morgan fingerprint density at radius 2 is 2.45 bits per heavy atom. The average Bonchev–Trinajstić information content (AvgIpc) is 1.99. The lowest BCUT2D eigenvalue weighted by Gasteiger charge is -2.24. The highest BCUT2D eigenvalue weighted by Crippen LogP contribution is 2.10. The molecule has 11 heavy (non-hydrogen) atoms. The van der Waals surface area contributed by atoms with Gasteiger partial charge in [0.1, 0.15) is 0 Å². The van der Waals surface area contributed by atoms with E-state index in [4.69, 9.17) is 5.73 Å². The van der Waals surface area contributed by atoms with Crippen LogP contribution in [-0.4, -0.2) is 29.9 Å². The summed E-state index contributed by atoms with van der Waals surface area (Å²) in [6.45, 7) is 2.00. The Bertz CT molecular complexity index is 200. The van der Waals surface area contributed by atoms with Gasteiger partial charge in [-0.05, 0) is 6.42 Å². The molecule has 4 heteroatoms. The fourth-order valence-corrected chi connectivity index (χ4v) is 1.02. The Morgan fingerprint density at radius 3 is 2.91 bits per heavy atom. The van der Waals surface area contributed by atoms with Crippen LogP contribution >= 0.6 is 0 Å². The minimum absolute atomic E-state index is 0.0596. The number of carbonyl (C=O) groups excluding carboxylic acids is 1. The highest BCUT2D eigenvalue weighted by molar-refractivity contribution is 5.98. The van der Waals surface area contributed by atoms with Crippen LogP contribution in [0.15, 0.2) is 4.99 Å². The molecule has 0 aromatic carbocycles. The average molecular weight is 155 g/mol. The van der Waals surface area contributed by atoms with Gasteiger partial charge < -0.3 is 5.73 Å². The Balaban J connectivity index is 2.76. The molecule has 1 aliphatic rings. The molecular weight excluding hydrogens is 142 g/mol. The number of carbonyl (C=O) groups is 1. The van der Waals surface area contributed by atoms with E-state index in [1.165, 1.54) is 4.90 Å². The lowest BCUT2D eigenvalue weighted by atomic mass is 10.1. The molecule has 0 radical (unpaired) electrons. The van der Waals surface area contributed by atoms with Crippen molar-refractivity contribution in [2.45, 2.75) is 25.8 Å². The molecule has 4 nitrogen and oxygen atoms in total. The van der Waals surface area contributed by atoms with E-state index in [9.17, 15) is 4.79 Å². The first-order valence-corrected chi connectivity index (χ1v) is 3.75. The molecule has 62 valence electrons. The fourth-order valence-electron chi connectivity index (χ4n) is 1.02. The van der Waals surface area contributed by atoms with E-state index < -0.39 is 0 Å². The minimum Gasteiger partial charge on any atom is -0.369 e. The zero-order chi connectivity index (χ0) is 8.43. The molecule has 0 aromatic heterocycles. The Hall–Kier alpha value is -1.06. The van der Waals surface area contributed by atoms with Crippen molar-refractivity contribution < 1.29 is 4.79 Å². The van der Waals surface area contributed by atoms with Crippen LogP contribution < -0.4 is 5.73 Å². The van der Waals surface area contributed by atoms with E-state index in [0.717, 1.165) is 6.42 Å². The SMILES string of the molecule is CCC1CC(=O)N(C)C(N)=N1. The first kappa shape index (κ1) is 8.04. The van der Waals surface area contributed by atoms with Crippen molar-refractivity contribution in [2.75, 3.05) is 7.05 Å². The summed E-state index contributed by atoms with van der Waals surface area (Å²) >= 11 is 0. The van der Waals surface area contributed by atoms with Gasteiger partial charge in [0.25, 0.3) is 0 Å². The second kappa shape index (κ2) is 2.90. The van der Waals surface area contributed by atoms with Crippen molar-refractivity contribution in [3.63, 3.8) is 0 Å². The Labute approximate surface area is 66.1 Å². The third kappa shape index (κ3) is 1.50. The summed E-state index contributed by atoms with van der Waals surface area (Å²) in [5, 5.41) is 0. The number of nitrogens with two attached hydrogens (primary N) is 1. The first-order chi connectivity index (χ1) is 5.15. The maximum absolute atomic E-state index is 11.1. The normalized spacial score (nSPS) is 25.3. The van der Waals surface area contributed by atoms with Crippen molar-refractivity contribution in [3.8, 4) is 0 Å². The van der Waals surface area contributed by atoms with Crippen LogP contribution in [0.1, 0.15) is 19.8 Å². The predicted molar refractivity (Wildman–Crippen MR) is 43.1 cm³/mol. The monoisotopic (exact) mass is 155 g/mol. The molecule has 1 atom stereocenters. The Morgan fingerprint density at radius 1 is 1.82 bits per heavy atom. The molecule has 1 rings (SSSR count). The number of nitrogens with zero attached hydrogens (tertiary/aromatic N) is 2. The van der Waals surface area contributed by atoms with E-state index >= 15 is 0 Å². The highest BCUT2D eigenvalue weighted by atomic mass is 16.2. The van der Waals surface area contributed by atoms with Crippen LogP contribution in [0.4, 0.5) is 0 Å².